The quantitative estimate of drug-likeness (QED) is 0.873. The van der Waals surface area contributed by atoms with Crippen molar-refractivity contribution in [2.24, 2.45) is 0 Å². The summed E-state index contributed by atoms with van der Waals surface area (Å²) in [6.45, 7) is 6.73. The van der Waals surface area contributed by atoms with E-state index in [1.165, 1.54) is 11.3 Å². The summed E-state index contributed by atoms with van der Waals surface area (Å²) < 4.78 is 0. The lowest BCUT2D eigenvalue weighted by Gasteiger charge is -2.34. The molecule has 0 saturated carbocycles. The molecule has 1 fully saturated rings. The third-order valence-corrected chi connectivity index (χ3v) is 4.14. The molecule has 0 bridgehead atoms. The Morgan fingerprint density at radius 3 is 2.83 bits per heavy atom. The maximum absolute atomic E-state index is 12.5. The summed E-state index contributed by atoms with van der Waals surface area (Å²) in [5, 5.41) is 3.67. The first-order valence-electron chi connectivity index (χ1n) is 6.07. The van der Waals surface area contributed by atoms with Gasteiger partial charge in [0.1, 0.15) is 10.9 Å². The van der Waals surface area contributed by atoms with Gasteiger partial charge >= 0.3 is 0 Å². The van der Waals surface area contributed by atoms with Crippen molar-refractivity contribution in [2.45, 2.75) is 33.2 Å². The maximum Gasteiger partial charge on any atom is 0.266 e. The fourth-order valence-corrected chi connectivity index (χ4v) is 3.10. The Kier molecular flexibility index (Phi) is 3.65. The van der Waals surface area contributed by atoms with E-state index in [0.717, 1.165) is 10.7 Å². The minimum absolute atomic E-state index is 0.0593. The van der Waals surface area contributed by atoms with E-state index in [0.29, 0.717) is 24.4 Å². The van der Waals surface area contributed by atoms with Gasteiger partial charge < -0.3 is 10.2 Å². The first-order valence-corrected chi connectivity index (χ1v) is 6.89. The lowest BCUT2D eigenvalue weighted by atomic mass is 10.1. The van der Waals surface area contributed by atoms with Crippen molar-refractivity contribution < 1.29 is 9.59 Å². The number of piperazine rings is 1. The van der Waals surface area contributed by atoms with Crippen LogP contribution in [0.2, 0.25) is 0 Å². The van der Waals surface area contributed by atoms with E-state index in [2.05, 4.69) is 10.3 Å². The maximum atomic E-state index is 12.5. The van der Waals surface area contributed by atoms with Gasteiger partial charge in [-0.15, -0.1) is 11.3 Å². The largest absolute Gasteiger partial charge is 0.353 e. The van der Waals surface area contributed by atoms with E-state index >= 15 is 0 Å². The summed E-state index contributed by atoms with van der Waals surface area (Å²) in [7, 11) is 0. The highest BCUT2D eigenvalue weighted by Gasteiger charge is 2.33. The van der Waals surface area contributed by atoms with Crippen LogP contribution in [-0.2, 0) is 4.79 Å². The number of hydrogen-bond donors (Lipinski definition) is 1. The predicted molar refractivity (Wildman–Crippen MR) is 69.7 cm³/mol. The second kappa shape index (κ2) is 5.06. The van der Waals surface area contributed by atoms with Gasteiger partial charge in [-0.25, -0.2) is 4.98 Å². The molecule has 0 aliphatic carbocycles. The Hall–Kier alpha value is -1.43. The van der Waals surface area contributed by atoms with Crippen molar-refractivity contribution in [3.8, 4) is 0 Å². The van der Waals surface area contributed by atoms with Gasteiger partial charge in [0.25, 0.3) is 5.91 Å². The second-order valence-corrected chi connectivity index (χ2v) is 5.56. The molecule has 0 aromatic carbocycles. The van der Waals surface area contributed by atoms with Crippen molar-refractivity contribution in [1.82, 2.24) is 15.2 Å². The summed E-state index contributed by atoms with van der Waals surface area (Å²) in [5.74, 6) is -0.129. The summed E-state index contributed by atoms with van der Waals surface area (Å²) in [4.78, 5) is 30.8. The summed E-state index contributed by atoms with van der Waals surface area (Å²) in [6, 6.07) is -0.354. The number of aromatic nitrogens is 1. The standard InChI is InChI=1S/C12H17N3O2S/c1-4-9-11(16)13-5-6-15(9)12(17)10-7(2)14-8(3)18-10/h9H,4-6H2,1-3H3,(H,13,16). The Morgan fingerprint density at radius 2 is 2.28 bits per heavy atom. The Morgan fingerprint density at radius 1 is 1.56 bits per heavy atom. The molecule has 1 aromatic heterocycles. The first-order chi connectivity index (χ1) is 8.54. The van der Waals surface area contributed by atoms with Crippen molar-refractivity contribution >= 4 is 23.2 Å². The van der Waals surface area contributed by atoms with E-state index in [9.17, 15) is 9.59 Å². The Balaban J connectivity index is 2.27. The number of nitrogens with zero attached hydrogens (tertiary/aromatic N) is 2. The summed E-state index contributed by atoms with van der Waals surface area (Å²) in [5.41, 5.74) is 0.753. The molecule has 0 radical (unpaired) electrons. The van der Waals surface area contributed by atoms with Crippen LogP contribution < -0.4 is 5.32 Å². The lowest BCUT2D eigenvalue weighted by molar-refractivity contribution is -0.127. The smallest absolute Gasteiger partial charge is 0.266 e. The van der Waals surface area contributed by atoms with Crippen LogP contribution in [0.3, 0.4) is 0 Å². The fourth-order valence-electron chi connectivity index (χ4n) is 2.22. The number of nitrogens with one attached hydrogen (secondary N) is 1. The molecule has 0 spiro atoms. The molecule has 2 heterocycles. The molecule has 1 saturated heterocycles. The van der Waals surface area contributed by atoms with Gasteiger partial charge in [0.05, 0.1) is 10.7 Å². The Labute approximate surface area is 110 Å². The van der Waals surface area contributed by atoms with E-state index in [1.807, 2.05) is 20.8 Å². The van der Waals surface area contributed by atoms with Gasteiger partial charge in [-0.1, -0.05) is 6.92 Å². The number of aryl methyl sites for hydroxylation is 2. The molecule has 1 aliphatic rings. The highest BCUT2D eigenvalue weighted by atomic mass is 32.1. The van der Waals surface area contributed by atoms with Crippen LogP contribution in [0.15, 0.2) is 0 Å². The number of amides is 2. The molecule has 2 rings (SSSR count). The van der Waals surface area contributed by atoms with Crippen molar-refractivity contribution in [3.63, 3.8) is 0 Å². The van der Waals surface area contributed by atoms with Gasteiger partial charge in [0.2, 0.25) is 5.91 Å². The minimum Gasteiger partial charge on any atom is -0.353 e. The summed E-state index contributed by atoms with van der Waals surface area (Å²) >= 11 is 1.40. The molecule has 1 N–H and O–H groups in total. The molecular formula is C12H17N3O2S. The SMILES string of the molecule is CCC1C(=O)NCCN1C(=O)c1sc(C)nc1C. The molecule has 1 aromatic rings. The lowest BCUT2D eigenvalue weighted by Crippen LogP contribution is -2.56. The molecule has 1 aliphatic heterocycles. The highest BCUT2D eigenvalue weighted by molar-refractivity contribution is 7.13. The fraction of sp³-hybridized carbons (Fsp3) is 0.583. The predicted octanol–water partition coefficient (Wildman–Crippen LogP) is 1.11. The molecule has 1 unspecified atom stereocenters. The third-order valence-electron chi connectivity index (χ3n) is 3.08. The number of thiazole rings is 1. The van der Waals surface area contributed by atoms with Gasteiger partial charge in [0.15, 0.2) is 0 Å². The number of hydrogen-bond acceptors (Lipinski definition) is 4. The molecule has 5 nitrogen and oxygen atoms in total. The van der Waals surface area contributed by atoms with Crippen molar-refractivity contribution in [1.29, 1.82) is 0 Å². The monoisotopic (exact) mass is 267 g/mol. The molecule has 6 heteroatoms. The molecule has 18 heavy (non-hydrogen) atoms. The highest BCUT2D eigenvalue weighted by Crippen LogP contribution is 2.21. The number of carbonyl (C=O) groups is 2. The van der Waals surface area contributed by atoms with Crippen LogP contribution in [0.5, 0.6) is 0 Å². The van der Waals surface area contributed by atoms with Gasteiger partial charge in [0, 0.05) is 13.1 Å². The topological polar surface area (TPSA) is 62.3 Å². The van der Waals surface area contributed by atoms with E-state index in [4.69, 9.17) is 0 Å². The van der Waals surface area contributed by atoms with Gasteiger partial charge in [-0.2, -0.15) is 0 Å². The van der Waals surface area contributed by atoms with Crippen LogP contribution >= 0.6 is 11.3 Å². The zero-order valence-electron chi connectivity index (χ0n) is 10.8. The van der Waals surface area contributed by atoms with Crippen LogP contribution in [-0.4, -0.2) is 40.8 Å². The number of rotatable bonds is 2. The normalized spacial score (nSPS) is 19.8. The van der Waals surface area contributed by atoms with Crippen LogP contribution in [0.4, 0.5) is 0 Å². The van der Waals surface area contributed by atoms with Crippen LogP contribution in [0.1, 0.15) is 33.7 Å². The van der Waals surface area contributed by atoms with Crippen LogP contribution in [0, 0.1) is 13.8 Å². The second-order valence-electron chi connectivity index (χ2n) is 4.36. The molecule has 98 valence electrons. The van der Waals surface area contributed by atoms with E-state index in [1.54, 1.807) is 4.90 Å². The average molecular weight is 267 g/mol. The van der Waals surface area contributed by atoms with E-state index in [-0.39, 0.29) is 17.9 Å². The Bertz CT molecular complexity index is 484. The molecular weight excluding hydrogens is 250 g/mol. The molecule has 2 amide bonds. The minimum atomic E-state index is -0.354. The molecule has 1 atom stereocenters. The van der Waals surface area contributed by atoms with Crippen LogP contribution in [0.25, 0.3) is 0 Å². The third kappa shape index (κ3) is 2.25. The zero-order valence-corrected chi connectivity index (χ0v) is 11.6. The zero-order chi connectivity index (χ0) is 13.3. The van der Waals surface area contributed by atoms with Crippen molar-refractivity contribution in [2.75, 3.05) is 13.1 Å². The average Bonchev–Trinajstić information content (AvgIpc) is 2.67. The van der Waals surface area contributed by atoms with Crippen molar-refractivity contribution in [3.05, 3.63) is 15.6 Å². The first kappa shape index (κ1) is 13.0. The van der Waals surface area contributed by atoms with Gasteiger partial charge in [-0.3, -0.25) is 9.59 Å². The van der Waals surface area contributed by atoms with Gasteiger partial charge in [-0.05, 0) is 20.3 Å². The van der Waals surface area contributed by atoms with E-state index < -0.39 is 0 Å². The number of carbonyl (C=O) groups excluding carboxylic acids is 2. The summed E-state index contributed by atoms with van der Waals surface area (Å²) in [6.07, 6.45) is 0.633.